The number of hydrogen-bond donors (Lipinski definition) is 1. The molecule has 11 heteroatoms. The summed E-state index contributed by atoms with van der Waals surface area (Å²) in [5.74, 6) is -1.13. The minimum Gasteiger partial charge on any atom is -0.478 e. The van der Waals surface area contributed by atoms with Crippen molar-refractivity contribution in [2.75, 3.05) is 0 Å². The average molecular weight is 553 g/mol. The van der Waals surface area contributed by atoms with E-state index in [1.165, 1.54) is 41.1 Å². The Morgan fingerprint density at radius 2 is 1.72 bits per heavy atom. The van der Waals surface area contributed by atoms with Crippen LogP contribution in [-0.4, -0.2) is 34.5 Å². The molecule has 0 aliphatic rings. The van der Waals surface area contributed by atoms with E-state index >= 15 is 0 Å². The van der Waals surface area contributed by atoms with Crippen LogP contribution in [0.15, 0.2) is 81.1 Å². The second-order valence-corrected chi connectivity index (χ2v) is 10.2. The number of carboxylic acid groups (broad SMARTS) is 1. The zero-order chi connectivity index (χ0) is 23.0. The maximum Gasteiger partial charge on any atom is 0.335 e. The number of rotatable bonds is 5. The fourth-order valence-corrected chi connectivity index (χ4v) is 5.38. The zero-order valence-electron chi connectivity index (χ0n) is 15.9. The van der Waals surface area contributed by atoms with Gasteiger partial charge < -0.3 is 5.11 Å². The molecule has 0 saturated heterocycles. The molecule has 0 saturated carbocycles. The molecule has 0 unspecified atom stereocenters. The lowest BCUT2D eigenvalue weighted by molar-refractivity contribution is 0.0697. The standard InChI is InChI=1S/C21H12BrCl2N3O4S/c22-14-6-4-12(5-7-14)19-20(32(30,31)18-11-15(23)8-9-17(18)24)25-26-27(19)16-3-1-2-13(10-16)21(28)29/h1-11H,(H,28,29). The van der Waals surface area contributed by atoms with Crippen molar-refractivity contribution in [2.45, 2.75) is 9.92 Å². The van der Waals surface area contributed by atoms with Gasteiger partial charge in [0.15, 0.2) is 0 Å². The lowest BCUT2D eigenvalue weighted by Gasteiger charge is -2.11. The summed E-state index contributed by atoms with van der Waals surface area (Å²) in [6.07, 6.45) is 0. The Balaban J connectivity index is 2.01. The molecule has 0 spiro atoms. The summed E-state index contributed by atoms with van der Waals surface area (Å²) in [7, 11) is -4.23. The highest BCUT2D eigenvalue weighted by Gasteiger charge is 2.31. The highest BCUT2D eigenvalue weighted by atomic mass is 79.9. The van der Waals surface area contributed by atoms with Gasteiger partial charge in [-0.2, -0.15) is 0 Å². The Morgan fingerprint density at radius 3 is 2.41 bits per heavy atom. The predicted molar refractivity (Wildman–Crippen MR) is 123 cm³/mol. The first kappa shape index (κ1) is 22.5. The van der Waals surface area contributed by atoms with E-state index in [1.54, 1.807) is 30.3 Å². The molecular weight excluding hydrogens is 541 g/mol. The number of halogens is 3. The van der Waals surface area contributed by atoms with Crippen molar-refractivity contribution in [3.63, 3.8) is 0 Å². The van der Waals surface area contributed by atoms with Crippen LogP contribution in [0.4, 0.5) is 0 Å². The lowest BCUT2D eigenvalue weighted by atomic mass is 10.1. The first-order valence-electron chi connectivity index (χ1n) is 8.94. The summed E-state index contributed by atoms with van der Waals surface area (Å²) < 4.78 is 29.1. The van der Waals surface area contributed by atoms with Crippen LogP contribution in [0.25, 0.3) is 16.9 Å². The molecule has 0 aliphatic heterocycles. The number of hydrogen-bond acceptors (Lipinski definition) is 5. The van der Waals surface area contributed by atoms with Gasteiger partial charge in [-0.15, -0.1) is 5.10 Å². The number of benzene rings is 3. The molecule has 7 nitrogen and oxygen atoms in total. The minimum atomic E-state index is -4.23. The number of nitrogens with zero attached hydrogens (tertiary/aromatic N) is 3. The summed E-state index contributed by atoms with van der Waals surface area (Å²) in [5.41, 5.74) is 0.989. The van der Waals surface area contributed by atoms with Gasteiger partial charge in [0, 0.05) is 15.1 Å². The van der Waals surface area contributed by atoms with Gasteiger partial charge in [0.2, 0.25) is 14.9 Å². The summed E-state index contributed by atoms with van der Waals surface area (Å²) in [6, 6.07) is 16.9. The lowest BCUT2D eigenvalue weighted by Crippen LogP contribution is -2.07. The minimum absolute atomic E-state index is 0.0152. The van der Waals surface area contributed by atoms with Gasteiger partial charge in [-0.25, -0.2) is 17.9 Å². The van der Waals surface area contributed by atoms with E-state index in [0.717, 1.165) is 4.47 Å². The van der Waals surface area contributed by atoms with Gasteiger partial charge in [0.25, 0.3) is 0 Å². The number of carbonyl (C=O) groups is 1. The van der Waals surface area contributed by atoms with Crippen LogP contribution in [-0.2, 0) is 9.84 Å². The maximum atomic E-state index is 13.5. The molecule has 1 aromatic heterocycles. The van der Waals surface area contributed by atoms with Crippen LogP contribution in [0, 0.1) is 0 Å². The van der Waals surface area contributed by atoms with Crippen molar-refractivity contribution in [1.82, 2.24) is 15.0 Å². The molecule has 162 valence electrons. The van der Waals surface area contributed by atoms with Crippen molar-refractivity contribution < 1.29 is 18.3 Å². The van der Waals surface area contributed by atoms with Gasteiger partial charge >= 0.3 is 5.97 Å². The smallest absolute Gasteiger partial charge is 0.335 e. The topological polar surface area (TPSA) is 102 Å². The van der Waals surface area contributed by atoms with Crippen LogP contribution in [0.5, 0.6) is 0 Å². The van der Waals surface area contributed by atoms with Gasteiger partial charge in [-0.1, -0.05) is 62.5 Å². The molecule has 0 amide bonds. The predicted octanol–water partition coefficient (Wildman–Crippen LogP) is 5.53. The van der Waals surface area contributed by atoms with E-state index in [0.29, 0.717) is 11.3 Å². The Labute approximate surface area is 201 Å². The normalized spacial score (nSPS) is 11.5. The Hall–Kier alpha value is -2.72. The van der Waals surface area contributed by atoms with Crippen LogP contribution >= 0.6 is 39.1 Å². The molecule has 1 heterocycles. The molecule has 0 fully saturated rings. The van der Waals surface area contributed by atoms with Crippen molar-refractivity contribution in [2.24, 2.45) is 0 Å². The SMILES string of the molecule is O=C(O)c1cccc(-n2nnc(S(=O)(=O)c3cc(Cl)ccc3Cl)c2-c2ccc(Br)cc2)c1. The third-order valence-electron chi connectivity index (χ3n) is 4.53. The Bertz CT molecular complexity index is 1450. The van der Waals surface area contributed by atoms with Crippen LogP contribution in [0.2, 0.25) is 10.0 Å². The van der Waals surface area contributed by atoms with Gasteiger partial charge in [0.05, 0.1) is 21.2 Å². The monoisotopic (exact) mass is 551 g/mol. The molecule has 0 aliphatic carbocycles. The molecule has 3 aromatic carbocycles. The van der Waals surface area contributed by atoms with Crippen LogP contribution in [0.3, 0.4) is 0 Å². The number of carboxylic acids is 1. The molecule has 4 aromatic rings. The van der Waals surface area contributed by atoms with E-state index < -0.39 is 15.8 Å². The third-order valence-corrected chi connectivity index (χ3v) is 7.44. The second-order valence-electron chi connectivity index (χ2n) is 6.60. The number of aromatic nitrogens is 3. The van der Waals surface area contributed by atoms with Crippen molar-refractivity contribution in [1.29, 1.82) is 0 Å². The molecular formula is C21H12BrCl2N3O4S. The quantitative estimate of drug-likeness (QED) is 0.349. The molecule has 0 atom stereocenters. The van der Waals surface area contributed by atoms with Crippen molar-refractivity contribution in [3.8, 4) is 16.9 Å². The first-order valence-corrected chi connectivity index (χ1v) is 12.0. The Morgan fingerprint density at radius 1 is 1.00 bits per heavy atom. The van der Waals surface area contributed by atoms with Gasteiger partial charge in [0.1, 0.15) is 5.69 Å². The van der Waals surface area contributed by atoms with Crippen LogP contribution in [0.1, 0.15) is 10.4 Å². The van der Waals surface area contributed by atoms with Gasteiger partial charge in [-0.3, -0.25) is 0 Å². The fraction of sp³-hybridized carbons (Fsp3) is 0. The highest BCUT2D eigenvalue weighted by molar-refractivity contribution is 9.10. The van der Waals surface area contributed by atoms with Crippen molar-refractivity contribution >= 4 is 54.9 Å². The molecule has 0 bridgehead atoms. The average Bonchev–Trinajstić information content (AvgIpc) is 3.22. The largest absolute Gasteiger partial charge is 0.478 e. The molecule has 1 N–H and O–H groups in total. The first-order chi connectivity index (χ1) is 15.2. The van der Waals surface area contributed by atoms with E-state index in [2.05, 4.69) is 26.2 Å². The fourth-order valence-electron chi connectivity index (χ4n) is 3.04. The summed E-state index contributed by atoms with van der Waals surface area (Å²) in [5, 5.41) is 17.2. The van der Waals surface area contributed by atoms with E-state index in [4.69, 9.17) is 23.2 Å². The van der Waals surface area contributed by atoms with Gasteiger partial charge in [-0.05, 0) is 48.5 Å². The summed E-state index contributed by atoms with van der Waals surface area (Å²) in [4.78, 5) is 11.2. The molecule has 32 heavy (non-hydrogen) atoms. The number of aromatic carboxylic acids is 1. The maximum absolute atomic E-state index is 13.5. The van der Waals surface area contributed by atoms with E-state index in [-0.39, 0.29) is 31.2 Å². The third kappa shape index (κ3) is 4.16. The molecule has 0 radical (unpaired) electrons. The summed E-state index contributed by atoms with van der Waals surface area (Å²) >= 11 is 15.5. The van der Waals surface area contributed by atoms with E-state index in [9.17, 15) is 18.3 Å². The Kier molecular flexibility index (Phi) is 6.09. The van der Waals surface area contributed by atoms with E-state index in [1.807, 2.05) is 0 Å². The number of sulfone groups is 1. The van der Waals surface area contributed by atoms with Crippen molar-refractivity contribution in [3.05, 3.63) is 86.8 Å². The zero-order valence-corrected chi connectivity index (χ0v) is 19.8. The van der Waals surface area contributed by atoms with Crippen LogP contribution < -0.4 is 0 Å². The highest BCUT2D eigenvalue weighted by Crippen LogP contribution is 2.35. The summed E-state index contributed by atoms with van der Waals surface area (Å²) in [6.45, 7) is 0. The molecule has 4 rings (SSSR count). The second kappa shape index (κ2) is 8.67.